The maximum absolute atomic E-state index is 5.59. The van der Waals surface area contributed by atoms with E-state index in [1.54, 1.807) is 0 Å². The Labute approximate surface area is 111 Å². The lowest BCUT2D eigenvalue weighted by Gasteiger charge is -2.37. The number of piperidine rings is 1. The molecular weight excluding hydrogens is 224 g/mol. The molecule has 0 aromatic rings. The van der Waals surface area contributed by atoms with Gasteiger partial charge in [-0.05, 0) is 51.0 Å². The quantitative estimate of drug-likeness (QED) is 0.828. The van der Waals surface area contributed by atoms with Crippen LogP contribution in [0.25, 0.3) is 0 Å². The summed E-state index contributed by atoms with van der Waals surface area (Å²) < 4.78 is 5.59. The number of rotatable bonds is 4. The summed E-state index contributed by atoms with van der Waals surface area (Å²) >= 11 is 0. The third-order valence-electron chi connectivity index (χ3n) is 5.22. The molecule has 3 aliphatic heterocycles. The molecule has 3 heteroatoms. The molecule has 0 aromatic heterocycles. The van der Waals surface area contributed by atoms with Crippen molar-refractivity contribution in [1.82, 2.24) is 10.2 Å². The molecule has 0 aromatic carbocycles. The van der Waals surface area contributed by atoms with E-state index in [1.807, 2.05) is 0 Å². The molecule has 3 saturated heterocycles. The van der Waals surface area contributed by atoms with Crippen molar-refractivity contribution in [3.63, 3.8) is 0 Å². The van der Waals surface area contributed by atoms with Crippen molar-refractivity contribution in [2.45, 2.75) is 63.6 Å². The van der Waals surface area contributed by atoms with Crippen LogP contribution < -0.4 is 5.32 Å². The average Bonchev–Trinajstić information content (AvgIpc) is 2.76. The zero-order valence-corrected chi connectivity index (χ0v) is 11.7. The largest absolute Gasteiger partial charge is 0.378 e. The first-order chi connectivity index (χ1) is 8.85. The van der Waals surface area contributed by atoms with Crippen LogP contribution in [-0.4, -0.2) is 49.3 Å². The number of nitrogens with zero attached hydrogens (tertiary/aromatic N) is 1. The van der Waals surface area contributed by atoms with Crippen LogP contribution in [0.15, 0.2) is 0 Å². The maximum Gasteiger partial charge on any atom is 0.0622 e. The molecule has 18 heavy (non-hydrogen) atoms. The summed E-state index contributed by atoms with van der Waals surface area (Å²) in [4.78, 5) is 2.67. The van der Waals surface area contributed by atoms with Crippen LogP contribution in [0, 0.1) is 5.92 Å². The van der Waals surface area contributed by atoms with Crippen molar-refractivity contribution in [2.24, 2.45) is 5.92 Å². The Bertz CT molecular complexity index is 259. The zero-order valence-electron chi connectivity index (χ0n) is 11.7. The molecule has 0 spiro atoms. The Hall–Kier alpha value is -0.120. The molecule has 1 N–H and O–H groups in total. The molecular formula is C15H28N2O. The fourth-order valence-corrected chi connectivity index (χ4v) is 4.12. The van der Waals surface area contributed by atoms with Crippen molar-refractivity contribution >= 4 is 0 Å². The van der Waals surface area contributed by atoms with Crippen LogP contribution in [0.3, 0.4) is 0 Å². The molecule has 3 rings (SSSR count). The molecule has 3 nitrogen and oxygen atoms in total. The van der Waals surface area contributed by atoms with Gasteiger partial charge in [0, 0.05) is 24.7 Å². The predicted octanol–water partition coefficient (Wildman–Crippen LogP) is 2.02. The number of ether oxygens (including phenoxy) is 1. The highest BCUT2D eigenvalue weighted by atomic mass is 16.5. The van der Waals surface area contributed by atoms with Gasteiger partial charge >= 0.3 is 0 Å². The molecule has 3 fully saturated rings. The van der Waals surface area contributed by atoms with E-state index < -0.39 is 0 Å². The van der Waals surface area contributed by atoms with E-state index in [9.17, 15) is 0 Å². The third kappa shape index (κ3) is 2.89. The molecule has 104 valence electrons. The molecule has 3 atom stereocenters. The summed E-state index contributed by atoms with van der Waals surface area (Å²) in [5.74, 6) is 0.976. The van der Waals surface area contributed by atoms with Crippen LogP contribution >= 0.6 is 0 Å². The summed E-state index contributed by atoms with van der Waals surface area (Å²) in [6.07, 6.45) is 8.35. The first-order valence-electron chi connectivity index (χ1n) is 7.93. The highest BCUT2D eigenvalue weighted by Crippen LogP contribution is 2.32. The lowest BCUT2D eigenvalue weighted by Crippen LogP contribution is -2.46. The van der Waals surface area contributed by atoms with Crippen LogP contribution in [0.1, 0.15) is 45.4 Å². The molecule has 3 heterocycles. The van der Waals surface area contributed by atoms with E-state index in [-0.39, 0.29) is 0 Å². The number of hydrogen-bond acceptors (Lipinski definition) is 3. The van der Waals surface area contributed by atoms with Crippen LogP contribution in [-0.2, 0) is 4.74 Å². The topological polar surface area (TPSA) is 24.5 Å². The first-order valence-corrected chi connectivity index (χ1v) is 7.93. The Kier molecular flexibility index (Phi) is 4.22. The van der Waals surface area contributed by atoms with Gasteiger partial charge in [-0.15, -0.1) is 0 Å². The minimum absolute atomic E-state index is 0.678. The summed E-state index contributed by atoms with van der Waals surface area (Å²) in [6, 6.07) is 2.37. The fourth-order valence-electron chi connectivity index (χ4n) is 4.12. The Morgan fingerprint density at radius 2 is 2.00 bits per heavy atom. The van der Waals surface area contributed by atoms with Crippen molar-refractivity contribution < 1.29 is 4.74 Å². The highest BCUT2D eigenvalue weighted by molar-refractivity contribution is 4.92. The smallest absolute Gasteiger partial charge is 0.0622 e. The van der Waals surface area contributed by atoms with Gasteiger partial charge in [0.1, 0.15) is 0 Å². The summed E-state index contributed by atoms with van der Waals surface area (Å²) in [6.45, 7) is 6.63. The van der Waals surface area contributed by atoms with Gasteiger partial charge in [-0.3, -0.25) is 4.90 Å². The maximum atomic E-state index is 5.59. The van der Waals surface area contributed by atoms with Gasteiger partial charge in [0.25, 0.3) is 0 Å². The minimum Gasteiger partial charge on any atom is -0.378 e. The van der Waals surface area contributed by atoms with Gasteiger partial charge in [-0.2, -0.15) is 0 Å². The lowest BCUT2D eigenvalue weighted by molar-refractivity contribution is -0.0116. The van der Waals surface area contributed by atoms with E-state index >= 15 is 0 Å². The Balaban J connectivity index is 1.45. The number of morpholine rings is 1. The minimum atomic E-state index is 0.678. The summed E-state index contributed by atoms with van der Waals surface area (Å²) in [5, 5.41) is 3.74. The van der Waals surface area contributed by atoms with Crippen molar-refractivity contribution in [3.8, 4) is 0 Å². The van der Waals surface area contributed by atoms with Gasteiger partial charge in [-0.1, -0.05) is 6.92 Å². The number of hydrogen-bond donors (Lipinski definition) is 1. The molecule has 0 radical (unpaired) electrons. The molecule has 3 unspecified atom stereocenters. The van der Waals surface area contributed by atoms with E-state index in [1.165, 1.54) is 45.1 Å². The van der Waals surface area contributed by atoms with Gasteiger partial charge in [0.05, 0.1) is 13.2 Å². The standard InChI is InChI=1S/C15H28N2O/c1-2-15-11-18-8-7-17(15)6-5-12-9-13-3-4-14(10-12)16-13/h12-16H,2-11H2,1H3. The summed E-state index contributed by atoms with van der Waals surface area (Å²) in [7, 11) is 0. The van der Waals surface area contributed by atoms with E-state index in [4.69, 9.17) is 4.74 Å². The second-order valence-electron chi connectivity index (χ2n) is 6.44. The van der Waals surface area contributed by atoms with Crippen LogP contribution in [0.4, 0.5) is 0 Å². The van der Waals surface area contributed by atoms with E-state index in [2.05, 4.69) is 17.1 Å². The van der Waals surface area contributed by atoms with E-state index in [0.717, 1.165) is 37.8 Å². The Morgan fingerprint density at radius 3 is 2.72 bits per heavy atom. The average molecular weight is 252 g/mol. The normalized spacial score (nSPS) is 41.2. The van der Waals surface area contributed by atoms with Crippen molar-refractivity contribution in [1.29, 1.82) is 0 Å². The number of nitrogens with one attached hydrogen (secondary N) is 1. The molecule has 0 saturated carbocycles. The second-order valence-corrected chi connectivity index (χ2v) is 6.44. The number of fused-ring (bicyclic) bond motifs is 2. The first kappa shape index (κ1) is 12.9. The summed E-state index contributed by atoms with van der Waals surface area (Å²) in [5.41, 5.74) is 0. The fraction of sp³-hybridized carbons (Fsp3) is 1.00. The molecule has 0 aliphatic carbocycles. The van der Waals surface area contributed by atoms with Gasteiger partial charge in [-0.25, -0.2) is 0 Å². The van der Waals surface area contributed by atoms with Gasteiger partial charge < -0.3 is 10.1 Å². The van der Waals surface area contributed by atoms with Crippen LogP contribution in [0.2, 0.25) is 0 Å². The second kappa shape index (κ2) is 5.89. The predicted molar refractivity (Wildman–Crippen MR) is 73.8 cm³/mol. The van der Waals surface area contributed by atoms with Crippen molar-refractivity contribution in [3.05, 3.63) is 0 Å². The molecule has 3 aliphatic rings. The Morgan fingerprint density at radius 1 is 1.22 bits per heavy atom. The SMILES string of the molecule is CCC1COCCN1CCC1CC2CCC(C1)N2. The van der Waals surface area contributed by atoms with Gasteiger partial charge in [0.15, 0.2) is 0 Å². The monoisotopic (exact) mass is 252 g/mol. The third-order valence-corrected chi connectivity index (χ3v) is 5.22. The van der Waals surface area contributed by atoms with E-state index in [0.29, 0.717) is 6.04 Å². The van der Waals surface area contributed by atoms with Crippen molar-refractivity contribution in [2.75, 3.05) is 26.3 Å². The zero-order chi connectivity index (χ0) is 12.4. The highest BCUT2D eigenvalue weighted by Gasteiger charge is 2.33. The lowest BCUT2D eigenvalue weighted by atomic mass is 9.89. The van der Waals surface area contributed by atoms with Crippen LogP contribution in [0.5, 0.6) is 0 Å². The molecule has 2 bridgehead atoms. The molecule has 0 amide bonds. The van der Waals surface area contributed by atoms with Gasteiger partial charge in [0.2, 0.25) is 0 Å².